The number of oxazole rings is 1. The molecular weight excluding hydrogens is 324 g/mol. The largest absolute Gasteiger partial charge is 0.508 e. The first-order valence-electron chi connectivity index (χ1n) is 7.50. The lowest BCUT2D eigenvalue weighted by atomic mass is 10.1. The Kier molecular flexibility index (Phi) is 3.46. The van der Waals surface area contributed by atoms with Crippen LogP contribution in [0.2, 0.25) is 0 Å². The molecule has 2 aromatic heterocycles. The zero-order chi connectivity index (χ0) is 17.4. The third-order valence-corrected chi connectivity index (χ3v) is 3.71. The van der Waals surface area contributed by atoms with Gasteiger partial charge in [-0.15, -0.1) is 0 Å². The van der Waals surface area contributed by atoms with E-state index in [1.54, 1.807) is 18.2 Å². The molecule has 0 fully saturated rings. The number of carbonyl (C=O) groups is 1. The fourth-order valence-corrected chi connectivity index (χ4v) is 2.63. The van der Waals surface area contributed by atoms with Gasteiger partial charge in [0.25, 0.3) is 0 Å². The minimum atomic E-state index is -0.595. The predicted octanol–water partition coefficient (Wildman–Crippen LogP) is 2.82. The maximum absolute atomic E-state index is 12.3. The van der Waals surface area contributed by atoms with Gasteiger partial charge in [0.2, 0.25) is 5.91 Å². The van der Waals surface area contributed by atoms with E-state index in [-0.39, 0.29) is 29.7 Å². The number of nitrogens with one attached hydrogen (secondary N) is 1. The fraction of sp³-hybridized carbons (Fsp3) is 0.0556. The summed E-state index contributed by atoms with van der Waals surface area (Å²) in [4.78, 5) is 28.1. The maximum Gasteiger partial charge on any atom is 0.336 e. The Morgan fingerprint density at radius 3 is 2.76 bits per heavy atom. The summed E-state index contributed by atoms with van der Waals surface area (Å²) >= 11 is 0. The molecule has 0 aliphatic carbocycles. The van der Waals surface area contributed by atoms with Crippen LogP contribution < -0.4 is 10.9 Å². The third kappa shape index (κ3) is 2.94. The van der Waals surface area contributed by atoms with Crippen molar-refractivity contribution in [1.29, 1.82) is 0 Å². The van der Waals surface area contributed by atoms with E-state index in [0.717, 1.165) is 0 Å². The van der Waals surface area contributed by atoms with Crippen LogP contribution in [0.3, 0.4) is 0 Å². The van der Waals surface area contributed by atoms with E-state index in [1.165, 1.54) is 18.2 Å². The molecule has 4 aromatic rings. The van der Waals surface area contributed by atoms with E-state index >= 15 is 0 Å². The first-order chi connectivity index (χ1) is 12.1. The Balaban J connectivity index is 1.62. The number of fused-ring (bicyclic) bond motifs is 2. The lowest BCUT2D eigenvalue weighted by Gasteiger charge is -2.05. The summed E-state index contributed by atoms with van der Waals surface area (Å²) in [6.45, 7) is 0. The van der Waals surface area contributed by atoms with Crippen LogP contribution >= 0.6 is 0 Å². The maximum atomic E-state index is 12.3. The lowest BCUT2D eigenvalue weighted by Crippen LogP contribution is -2.16. The van der Waals surface area contributed by atoms with Crippen LogP contribution in [-0.4, -0.2) is 16.0 Å². The van der Waals surface area contributed by atoms with Crippen LogP contribution in [0.25, 0.3) is 22.1 Å². The van der Waals surface area contributed by atoms with Crippen molar-refractivity contribution in [3.8, 4) is 5.75 Å². The van der Waals surface area contributed by atoms with Crippen LogP contribution in [0, 0.1) is 0 Å². The smallest absolute Gasteiger partial charge is 0.336 e. The third-order valence-electron chi connectivity index (χ3n) is 3.71. The highest BCUT2D eigenvalue weighted by atomic mass is 16.4. The van der Waals surface area contributed by atoms with Crippen molar-refractivity contribution in [2.24, 2.45) is 0 Å². The number of anilines is 1. The molecule has 0 saturated heterocycles. The molecule has 7 nitrogen and oxygen atoms in total. The Bertz CT molecular complexity index is 1130. The summed E-state index contributed by atoms with van der Waals surface area (Å²) in [5.41, 5.74) is 1.32. The van der Waals surface area contributed by atoms with Gasteiger partial charge in [-0.2, -0.15) is 4.98 Å². The number of aromatic nitrogens is 1. The van der Waals surface area contributed by atoms with Gasteiger partial charge in [-0.05, 0) is 29.8 Å². The van der Waals surface area contributed by atoms with Gasteiger partial charge in [-0.3, -0.25) is 10.1 Å². The standard InChI is InChI=1S/C18H12N2O5/c21-11-5-6-12-10(8-17(23)24-15(12)9-11)7-16(22)20-18-19-13-3-1-2-4-14(13)25-18/h1-6,8-9,21H,7H2,(H,19,20,22). The molecular formula is C18H12N2O5. The number of hydrogen-bond donors (Lipinski definition) is 2. The van der Waals surface area contributed by atoms with Crippen LogP contribution in [0.4, 0.5) is 6.01 Å². The van der Waals surface area contributed by atoms with Crippen LogP contribution in [-0.2, 0) is 11.2 Å². The highest BCUT2D eigenvalue weighted by Gasteiger charge is 2.13. The lowest BCUT2D eigenvalue weighted by molar-refractivity contribution is -0.115. The van der Waals surface area contributed by atoms with Gasteiger partial charge in [-0.1, -0.05) is 12.1 Å². The molecule has 25 heavy (non-hydrogen) atoms. The van der Waals surface area contributed by atoms with Crippen molar-refractivity contribution < 1.29 is 18.7 Å². The monoisotopic (exact) mass is 336 g/mol. The van der Waals surface area contributed by atoms with E-state index in [1.807, 2.05) is 12.1 Å². The quantitative estimate of drug-likeness (QED) is 0.557. The van der Waals surface area contributed by atoms with Gasteiger partial charge in [-0.25, -0.2) is 4.79 Å². The van der Waals surface area contributed by atoms with Crippen molar-refractivity contribution in [2.45, 2.75) is 6.42 Å². The molecule has 0 atom stereocenters. The van der Waals surface area contributed by atoms with Crippen LogP contribution in [0.15, 0.2) is 62.2 Å². The highest BCUT2D eigenvalue weighted by molar-refractivity contribution is 5.94. The fourth-order valence-electron chi connectivity index (χ4n) is 2.63. The van der Waals surface area contributed by atoms with Crippen molar-refractivity contribution in [3.05, 3.63) is 64.5 Å². The summed E-state index contributed by atoms with van der Waals surface area (Å²) in [5, 5.41) is 12.6. The number of nitrogens with zero attached hydrogens (tertiary/aromatic N) is 1. The molecule has 0 aliphatic rings. The first-order valence-corrected chi connectivity index (χ1v) is 7.50. The Morgan fingerprint density at radius 1 is 1.08 bits per heavy atom. The van der Waals surface area contributed by atoms with E-state index in [0.29, 0.717) is 22.0 Å². The van der Waals surface area contributed by atoms with E-state index in [9.17, 15) is 14.7 Å². The Hall–Kier alpha value is -3.61. The van der Waals surface area contributed by atoms with Gasteiger partial charge in [0.15, 0.2) is 5.58 Å². The molecule has 124 valence electrons. The molecule has 1 amide bonds. The Morgan fingerprint density at radius 2 is 1.92 bits per heavy atom. The first kappa shape index (κ1) is 14.9. The number of amides is 1. The van der Waals surface area contributed by atoms with Crippen molar-refractivity contribution in [2.75, 3.05) is 5.32 Å². The topological polar surface area (TPSA) is 106 Å². The second kappa shape index (κ2) is 5.79. The summed E-state index contributed by atoms with van der Waals surface area (Å²) in [5.74, 6) is -0.407. The summed E-state index contributed by atoms with van der Waals surface area (Å²) < 4.78 is 10.5. The van der Waals surface area contributed by atoms with Crippen molar-refractivity contribution in [3.63, 3.8) is 0 Å². The van der Waals surface area contributed by atoms with E-state index in [2.05, 4.69) is 10.3 Å². The summed E-state index contributed by atoms with van der Waals surface area (Å²) in [7, 11) is 0. The second-order valence-corrected chi connectivity index (χ2v) is 5.48. The highest BCUT2D eigenvalue weighted by Crippen LogP contribution is 2.23. The number of phenols is 1. The SMILES string of the molecule is O=C(Cc1cc(=O)oc2cc(O)ccc12)Nc1nc2ccccc2o1. The second-order valence-electron chi connectivity index (χ2n) is 5.48. The normalized spacial score (nSPS) is 11.0. The molecule has 4 rings (SSSR count). The number of para-hydroxylation sites is 2. The minimum absolute atomic E-state index is 0.0243. The van der Waals surface area contributed by atoms with Gasteiger partial charge in [0.1, 0.15) is 16.8 Å². The van der Waals surface area contributed by atoms with E-state index in [4.69, 9.17) is 8.83 Å². The van der Waals surface area contributed by atoms with E-state index < -0.39 is 5.63 Å². The molecule has 0 unspecified atom stereocenters. The molecule has 0 saturated carbocycles. The van der Waals surface area contributed by atoms with Gasteiger partial charge >= 0.3 is 11.6 Å². The molecule has 2 heterocycles. The predicted molar refractivity (Wildman–Crippen MR) is 90.5 cm³/mol. The van der Waals surface area contributed by atoms with Crippen LogP contribution in [0.5, 0.6) is 5.75 Å². The molecule has 0 spiro atoms. The number of aromatic hydroxyl groups is 1. The number of phenolic OH excluding ortho intramolecular Hbond substituents is 1. The molecule has 0 radical (unpaired) electrons. The zero-order valence-corrected chi connectivity index (χ0v) is 12.9. The van der Waals surface area contributed by atoms with Gasteiger partial charge in [0.05, 0.1) is 6.42 Å². The molecule has 2 N–H and O–H groups in total. The average Bonchev–Trinajstić information content (AvgIpc) is 2.96. The number of hydrogen-bond acceptors (Lipinski definition) is 6. The minimum Gasteiger partial charge on any atom is -0.508 e. The number of rotatable bonds is 3. The average molecular weight is 336 g/mol. The molecule has 7 heteroatoms. The molecule has 2 aromatic carbocycles. The van der Waals surface area contributed by atoms with Crippen molar-refractivity contribution in [1.82, 2.24) is 4.98 Å². The van der Waals surface area contributed by atoms with Crippen molar-refractivity contribution >= 4 is 34.0 Å². The molecule has 0 aliphatic heterocycles. The summed E-state index contributed by atoms with van der Waals surface area (Å²) in [6, 6.07) is 12.9. The molecule has 0 bridgehead atoms. The van der Waals surface area contributed by atoms with Gasteiger partial charge in [0, 0.05) is 17.5 Å². The zero-order valence-electron chi connectivity index (χ0n) is 12.9. The van der Waals surface area contributed by atoms with Gasteiger partial charge < -0.3 is 13.9 Å². The number of benzene rings is 2. The summed E-state index contributed by atoms with van der Waals surface area (Å²) in [6.07, 6.45) is -0.0639. The Labute approximate surface area is 140 Å². The number of carbonyl (C=O) groups excluding carboxylic acids is 1. The van der Waals surface area contributed by atoms with Crippen LogP contribution in [0.1, 0.15) is 5.56 Å².